The van der Waals surface area contributed by atoms with Crippen LogP contribution in [0.3, 0.4) is 0 Å². The Morgan fingerprint density at radius 3 is 0.935 bits per heavy atom. The number of phosphoric acid groups is 2. The van der Waals surface area contributed by atoms with Gasteiger partial charge in [-0.05, 0) is 154 Å². The zero-order valence-corrected chi connectivity index (χ0v) is 69.7. The van der Waals surface area contributed by atoms with Crippen LogP contribution in [0.4, 0.5) is 11.6 Å². The summed E-state index contributed by atoms with van der Waals surface area (Å²) in [6.07, 6.45) is -8.69. The summed E-state index contributed by atoms with van der Waals surface area (Å²) in [4.78, 5) is 113. The molecule has 0 radical (unpaired) electrons. The molecule has 4 saturated heterocycles. The first-order valence-electron chi connectivity index (χ1n) is 35.1. The van der Waals surface area contributed by atoms with E-state index in [9.17, 15) is 73.0 Å². The average molecular weight is 1620 g/mol. The lowest BCUT2D eigenvalue weighted by molar-refractivity contribution is -0.117. The van der Waals surface area contributed by atoms with Crippen LogP contribution < -0.4 is 45.3 Å². The minimum absolute atomic E-state index is 0.0330. The Kier molecular flexibility index (Phi) is 30.6. The highest BCUT2D eigenvalue weighted by atomic mass is 32.5. The van der Waals surface area contributed by atoms with Crippen LogP contribution in [0.2, 0.25) is 0 Å². The summed E-state index contributed by atoms with van der Waals surface area (Å²) < 4.78 is 90.9. The first-order chi connectivity index (χ1) is 48.6. The molecule has 7 unspecified atom stereocenters. The third-order valence-electron chi connectivity index (χ3n) is 15.4. The number of nitrogens with two attached hydrogens (primary N) is 2. The maximum absolute atomic E-state index is 12.4. The summed E-state index contributed by atoms with van der Waals surface area (Å²) in [7, 11) is -9.03. The normalized spacial score (nSPS) is 28.3. The summed E-state index contributed by atoms with van der Waals surface area (Å²) in [5.41, 5.74) is 3.40. The van der Waals surface area contributed by atoms with E-state index in [1.54, 1.807) is 62.3 Å². The van der Waals surface area contributed by atoms with Crippen molar-refractivity contribution >= 4 is 45.8 Å². The molecule has 13 N–H and O–H groups in total. The number of ether oxygens (including phenoxy) is 5. The minimum Gasteiger partial charge on any atom is -0.386 e. The molecule has 108 heavy (non-hydrogen) atoms. The number of nitrogens with zero attached hydrogens (tertiary/aromatic N) is 6. The molecule has 0 spiro atoms. The maximum atomic E-state index is 12.4. The number of aliphatic hydroxyl groups is 4. The molecule has 0 aliphatic carbocycles. The quantitative estimate of drug-likeness (QED) is 0.0461. The van der Waals surface area contributed by atoms with E-state index in [0.717, 1.165) is 19.8 Å². The fraction of sp³-hybridized carbons (Fsp3) is 0.765. The Balaban J connectivity index is 0.000000259. The number of aliphatic hydroxyl groups excluding tert-OH is 4. The van der Waals surface area contributed by atoms with Crippen molar-refractivity contribution in [3.8, 4) is 0 Å². The zero-order chi connectivity index (χ0) is 82.8. The number of nitrogen functional groups attached to an aromatic ring is 2. The van der Waals surface area contributed by atoms with Gasteiger partial charge in [0.15, 0.2) is 24.9 Å². The first kappa shape index (κ1) is 93.7. The van der Waals surface area contributed by atoms with Crippen LogP contribution >= 0.6 is 22.4 Å². The number of hydrogen-bond acceptors (Lipinski definition) is 28. The molecule has 40 heteroatoms. The number of H-pyrrole nitrogens is 2. The lowest BCUT2D eigenvalue weighted by atomic mass is 9.87. The van der Waals surface area contributed by atoms with Gasteiger partial charge in [-0.1, -0.05) is 83.1 Å². The van der Waals surface area contributed by atoms with E-state index in [1.165, 1.54) is 47.6 Å². The van der Waals surface area contributed by atoms with Crippen LogP contribution in [0.25, 0.3) is 0 Å². The lowest BCUT2D eigenvalue weighted by Gasteiger charge is -2.32. The van der Waals surface area contributed by atoms with Crippen molar-refractivity contribution in [2.75, 3.05) is 11.5 Å². The van der Waals surface area contributed by atoms with Crippen molar-refractivity contribution < 1.29 is 95.1 Å². The lowest BCUT2D eigenvalue weighted by Crippen LogP contribution is -2.42. The molecule has 0 saturated carbocycles. The summed E-state index contributed by atoms with van der Waals surface area (Å²) in [6.45, 7) is 40.8. The molecule has 0 bridgehead atoms. The van der Waals surface area contributed by atoms with Crippen molar-refractivity contribution in [2.24, 2.45) is 21.7 Å². The molecule has 19 atom stereocenters. The summed E-state index contributed by atoms with van der Waals surface area (Å²) >= 11 is 5.13. The van der Waals surface area contributed by atoms with Crippen molar-refractivity contribution in [1.82, 2.24) is 38.2 Å². The Bertz CT molecular complexity index is 4060. The minimum atomic E-state index is -4.53. The number of anilines is 2. The highest BCUT2D eigenvalue weighted by Crippen LogP contribution is 2.55. The number of aromatic nitrogens is 8. The van der Waals surface area contributed by atoms with Gasteiger partial charge in [-0.25, -0.2) is 28.3 Å². The van der Waals surface area contributed by atoms with Crippen LogP contribution in [0.5, 0.6) is 0 Å². The van der Waals surface area contributed by atoms with Crippen molar-refractivity contribution in [3.63, 3.8) is 0 Å². The van der Waals surface area contributed by atoms with Crippen molar-refractivity contribution in [2.45, 2.75) is 312 Å². The van der Waals surface area contributed by atoms with E-state index in [-0.39, 0.29) is 39.4 Å². The van der Waals surface area contributed by atoms with E-state index >= 15 is 0 Å². The number of aromatic amines is 2. The fourth-order valence-corrected chi connectivity index (χ4v) is 16.8. The van der Waals surface area contributed by atoms with Gasteiger partial charge >= 0.3 is 45.1 Å². The summed E-state index contributed by atoms with van der Waals surface area (Å²) in [5.74, 6) is 0.100. The molecule has 4 aliphatic rings. The molecule has 616 valence electrons. The molecule has 8 rings (SSSR count). The topological polar surface area (TPSA) is 509 Å². The summed E-state index contributed by atoms with van der Waals surface area (Å²) in [6, 6.07) is 5.17. The molecule has 0 aromatic carbocycles. The number of nitrogens with one attached hydrogen (secondary N) is 2. The van der Waals surface area contributed by atoms with Gasteiger partial charge in [0.25, 0.3) is 11.1 Å². The van der Waals surface area contributed by atoms with Crippen LogP contribution in [-0.4, -0.2) is 169 Å². The number of hydrogen-bond donors (Lipinski definition) is 11. The fourth-order valence-electron chi connectivity index (χ4n) is 11.9. The zero-order valence-electron chi connectivity index (χ0n) is 66.2. The molecule has 4 aromatic heterocycles. The SMILES string of the molecule is CC(C)(C)C[C@H]1O[C@@H](n2ccc(=O)[nH]c2=O)[C@@H](O)C1OC(C)(C)C.CC(C)(C)C[C@H]1O[C@@H](n2ccc(=O)[nH]c2=O)[C@@H](O)C1OP(=O)(O)OC(C)(C)C.CC(C)(C)C[C@H]1O[C@@H](n2ccc(N)nc2=O)[C@@H](O)C1OP(=O)(O)OC(C)(C)C.CC(C)(C)C[C@H]1O[C@@H](n2ccc(N)nc2=O)[C@@H](O)C1OP(O)(=S)OC(C)(C)C. The van der Waals surface area contributed by atoms with E-state index < -0.39 is 171 Å². The predicted molar refractivity (Wildman–Crippen MR) is 402 cm³/mol. The van der Waals surface area contributed by atoms with Crippen molar-refractivity contribution in [3.05, 3.63) is 112 Å². The molecular formula is C68H117N10O26P3S. The van der Waals surface area contributed by atoms with Gasteiger partial charge in [-0.3, -0.25) is 60.4 Å². The van der Waals surface area contributed by atoms with Gasteiger partial charge < -0.3 is 74.8 Å². The van der Waals surface area contributed by atoms with E-state index in [4.69, 9.17) is 74.1 Å². The largest absolute Gasteiger partial charge is 0.473 e. The molecule has 8 heterocycles. The summed E-state index contributed by atoms with van der Waals surface area (Å²) in [5, 5.41) is 43.1. The standard InChI is InChI=1S/C17H30N3O7P.C17H30N3O6PS.C17H29N2O8P.C17H28N2O5/c1-16(2,3)9-10-13(26-28(23,24)27-17(4,5)6)12(21)14(25-10)20-8-7-11(18)19-15(20)22;1-16(2,3)9-10-13(25-27(23,28)26-17(4,5)6)12(21)14(24-10)20-8-7-11(18)19-15(20)22;1-16(2,3)9-10-13(26-28(23,24)27-17(4,5)6)12(21)14(25-10)19-8-7-11(20)18-15(19)22;1-16(2,3)9-10-13(24-17(4,5)6)12(21)14(23-10)19-8-7-11(20)18-15(19)22/h7-8,10,12-14,21H,9H2,1-6H3,(H,23,24)(H2,18,19,22);7-8,10,12-14,21H,9H2,1-6H3,(H,23,28)(H2,18,19,22);7-8,10,12-14,21H,9H2,1-6H3,(H,23,24)(H,18,20,22);7-8,10,12-14,21H,9H2,1-6H3,(H,18,20,22)/t10-,12+,13?,14-;10-,12+,13?,14-,27?;2*10-,12+,13?,14-/m1111/s1. The molecule has 0 amide bonds. The molecular weight excluding hydrogens is 1500 g/mol. The number of phosphoric ester groups is 2. The van der Waals surface area contributed by atoms with Gasteiger partial charge in [0.1, 0.15) is 60.5 Å². The van der Waals surface area contributed by atoms with Crippen LogP contribution in [0.15, 0.2) is 77.8 Å². The Labute approximate surface area is 633 Å². The molecule has 4 fully saturated rings. The van der Waals surface area contributed by atoms with Gasteiger partial charge in [0, 0.05) is 36.9 Å². The Hall–Kier alpha value is -4.89. The van der Waals surface area contributed by atoms with Gasteiger partial charge in [-0.15, -0.1) is 0 Å². The van der Waals surface area contributed by atoms with E-state index in [1.807, 2.05) is 83.1 Å². The van der Waals surface area contributed by atoms with Gasteiger partial charge in [0.2, 0.25) is 0 Å². The van der Waals surface area contributed by atoms with Crippen LogP contribution in [0, 0.1) is 21.7 Å². The third-order valence-corrected chi connectivity index (χ3v) is 19.8. The second kappa shape index (κ2) is 35.2. The van der Waals surface area contributed by atoms with Gasteiger partial charge in [-0.2, -0.15) is 9.97 Å². The van der Waals surface area contributed by atoms with Crippen LogP contribution in [-0.2, 0) is 71.8 Å². The molecule has 4 aliphatic heterocycles. The second-order valence-electron chi connectivity index (χ2n) is 35.8. The molecule has 4 aromatic rings. The smallest absolute Gasteiger partial charge is 0.386 e. The first-order valence-corrected chi connectivity index (χ1v) is 40.7. The second-order valence-corrected chi connectivity index (χ2v) is 41.2. The van der Waals surface area contributed by atoms with E-state index in [0.29, 0.717) is 25.7 Å². The highest BCUT2D eigenvalue weighted by Gasteiger charge is 2.54. The number of rotatable bonds is 18. The average Bonchev–Trinajstić information content (AvgIpc) is 1.65. The predicted octanol–water partition coefficient (Wildman–Crippen LogP) is 6.70. The molecule has 36 nitrogen and oxygen atoms in total. The monoisotopic (exact) mass is 1610 g/mol. The maximum Gasteiger partial charge on any atom is 0.473 e. The van der Waals surface area contributed by atoms with Crippen LogP contribution in [0.1, 0.15) is 217 Å². The Morgan fingerprint density at radius 1 is 0.417 bits per heavy atom. The third kappa shape index (κ3) is 29.6. The van der Waals surface area contributed by atoms with Crippen molar-refractivity contribution in [1.29, 1.82) is 0 Å². The van der Waals surface area contributed by atoms with Gasteiger partial charge in [0.05, 0.1) is 46.8 Å². The highest BCUT2D eigenvalue weighted by molar-refractivity contribution is 8.07. The Morgan fingerprint density at radius 2 is 0.676 bits per heavy atom. The van der Waals surface area contributed by atoms with E-state index in [2.05, 4.69) is 40.7 Å².